The van der Waals surface area contributed by atoms with Gasteiger partial charge in [0.2, 0.25) is 5.95 Å². The van der Waals surface area contributed by atoms with Crippen molar-refractivity contribution >= 4 is 22.5 Å². The number of hydrogen-bond acceptors (Lipinski definition) is 4. The fraction of sp³-hybridized carbons (Fsp3) is 0.400. The zero-order chi connectivity index (χ0) is 16.0. The van der Waals surface area contributed by atoms with Crippen molar-refractivity contribution in [1.29, 1.82) is 0 Å². The number of alkyl halides is 3. The number of halogens is 3. The van der Waals surface area contributed by atoms with E-state index in [1.54, 1.807) is 0 Å². The fourth-order valence-electron chi connectivity index (χ4n) is 3.01. The molecule has 4 rings (SSSR count). The molecule has 0 radical (unpaired) electrons. The van der Waals surface area contributed by atoms with Crippen LogP contribution in [0.15, 0.2) is 24.5 Å². The Bertz CT molecular complexity index is 865. The summed E-state index contributed by atoms with van der Waals surface area (Å²) in [5.74, 6) is 0.643. The number of hydrogen-bond donors (Lipinski definition) is 0. The number of anilines is 1. The van der Waals surface area contributed by atoms with Gasteiger partial charge in [-0.3, -0.25) is 0 Å². The van der Waals surface area contributed by atoms with Gasteiger partial charge in [-0.2, -0.15) is 22.8 Å². The van der Waals surface area contributed by atoms with E-state index in [-0.39, 0.29) is 0 Å². The average Bonchev–Trinajstić information content (AvgIpc) is 3.03. The first-order valence-electron chi connectivity index (χ1n) is 7.50. The van der Waals surface area contributed by atoms with E-state index >= 15 is 0 Å². The van der Waals surface area contributed by atoms with Crippen molar-refractivity contribution in [1.82, 2.24) is 19.6 Å². The van der Waals surface area contributed by atoms with Crippen molar-refractivity contribution in [3.05, 3.63) is 30.1 Å². The monoisotopic (exact) mass is 321 g/mol. The largest absolute Gasteiger partial charge is 0.416 e. The van der Waals surface area contributed by atoms with E-state index in [0.29, 0.717) is 22.5 Å². The fourth-order valence-corrected chi connectivity index (χ4v) is 3.01. The molecule has 0 aliphatic carbocycles. The second-order valence-electron chi connectivity index (χ2n) is 5.68. The molecule has 0 atom stereocenters. The van der Waals surface area contributed by atoms with Crippen LogP contribution in [0, 0.1) is 0 Å². The van der Waals surface area contributed by atoms with Crippen molar-refractivity contribution in [2.75, 3.05) is 18.0 Å². The van der Waals surface area contributed by atoms with Crippen molar-refractivity contribution in [3.63, 3.8) is 0 Å². The van der Waals surface area contributed by atoms with Gasteiger partial charge < -0.3 is 4.90 Å². The molecule has 0 bridgehead atoms. The van der Waals surface area contributed by atoms with Crippen molar-refractivity contribution in [3.8, 4) is 0 Å². The summed E-state index contributed by atoms with van der Waals surface area (Å²) in [7, 11) is 0. The summed E-state index contributed by atoms with van der Waals surface area (Å²) in [5, 5.41) is 4.52. The van der Waals surface area contributed by atoms with Gasteiger partial charge in [0.15, 0.2) is 5.65 Å². The van der Waals surface area contributed by atoms with Crippen molar-refractivity contribution in [2.45, 2.75) is 25.4 Å². The molecule has 1 aromatic carbocycles. The maximum absolute atomic E-state index is 12.9. The van der Waals surface area contributed by atoms with Crippen LogP contribution in [0.2, 0.25) is 0 Å². The third kappa shape index (κ3) is 2.38. The lowest BCUT2D eigenvalue weighted by molar-refractivity contribution is -0.137. The molecule has 0 N–H and O–H groups in total. The first-order valence-corrected chi connectivity index (χ1v) is 7.50. The summed E-state index contributed by atoms with van der Waals surface area (Å²) in [5.41, 5.74) is 0.197. The molecule has 1 saturated heterocycles. The highest BCUT2D eigenvalue weighted by Gasteiger charge is 2.31. The number of benzene rings is 1. The van der Waals surface area contributed by atoms with Crippen LogP contribution >= 0.6 is 0 Å². The first-order chi connectivity index (χ1) is 11.0. The standard InChI is InChI=1S/C15H14F3N5/c16-15(17,18)10-4-5-12-11(8-10)13-19-9-20-23(13)14(21-12)22-6-2-1-3-7-22/h4-5,8-9H,1-3,6-7H2. The molecule has 0 unspecified atom stereocenters. The maximum Gasteiger partial charge on any atom is 0.416 e. The van der Waals surface area contributed by atoms with Crippen LogP contribution in [0.25, 0.3) is 16.6 Å². The van der Waals surface area contributed by atoms with E-state index in [1.807, 2.05) is 0 Å². The Kier molecular flexibility index (Phi) is 3.14. The predicted octanol–water partition coefficient (Wildman–Crippen LogP) is 3.29. The molecular formula is C15H14F3N5. The van der Waals surface area contributed by atoms with Crippen LogP contribution in [0.5, 0.6) is 0 Å². The molecule has 5 nitrogen and oxygen atoms in total. The molecule has 2 aromatic heterocycles. The van der Waals surface area contributed by atoms with E-state index in [1.165, 1.54) is 23.3 Å². The number of fused-ring (bicyclic) bond motifs is 3. The molecule has 120 valence electrons. The minimum absolute atomic E-state index is 0.359. The summed E-state index contributed by atoms with van der Waals surface area (Å²) in [6.07, 6.45) is 0.284. The van der Waals surface area contributed by atoms with Gasteiger partial charge in [-0.15, -0.1) is 0 Å². The second-order valence-corrected chi connectivity index (χ2v) is 5.68. The van der Waals surface area contributed by atoms with Crippen molar-refractivity contribution in [2.24, 2.45) is 0 Å². The Labute approximate surface area is 129 Å². The molecule has 0 saturated carbocycles. The summed E-state index contributed by atoms with van der Waals surface area (Å²) in [4.78, 5) is 10.8. The molecule has 1 fully saturated rings. The van der Waals surface area contributed by atoms with Crippen LogP contribution in [-0.2, 0) is 6.18 Å². The van der Waals surface area contributed by atoms with E-state index in [2.05, 4.69) is 20.0 Å². The third-order valence-corrected chi connectivity index (χ3v) is 4.16. The maximum atomic E-state index is 12.9. The summed E-state index contributed by atoms with van der Waals surface area (Å²) < 4.78 is 40.4. The Morgan fingerprint density at radius 1 is 1.04 bits per heavy atom. The molecule has 1 aliphatic heterocycles. The van der Waals surface area contributed by atoms with Gasteiger partial charge in [0.1, 0.15) is 6.33 Å². The SMILES string of the molecule is FC(F)(F)c1ccc2nc(N3CCCCC3)n3ncnc3c2c1. The molecular weight excluding hydrogens is 307 g/mol. The van der Waals surface area contributed by atoms with Crippen LogP contribution in [0.3, 0.4) is 0 Å². The topological polar surface area (TPSA) is 46.3 Å². The Hall–Kier alpha value is -2.38. The normalized spacial score (nSPS) is 16.4. The molecule has 3 aromatic rings. The summed E-state index contributed by atoms with van der Waals surface area (Å²) >= 11 is 0. The van der Waals surface area contributed by atoms with Gasteiger partial charge in [-0.05, 0) is 37.5 Å². The van der Waals surface area contributed by atoms with Gasteiger partial charge in [0.05, 0.1) is 11.1 Å². The highest BCUT2D eigenvalue weighted by molar-refractivity contribution is 5.92. The Balaban J connectivity index is 1.94. The van der Waals surface area contributed by atoms with E-state index in [0.717, 1.165) is 38.1 Å². The smallest absolute Gasteiger partial charge is 0.341 e. The minimum atomic E-state index is -4.39. The first kappa shape index (κ1) is 14.2. The summed E-state index contributed by atoms with van der Waals surface area (Å²) in [6, 6.07) is 3.55. The lowest BCUT2D eigenvalue weighted by atomic mass is 10.1. The molecule has 1 aliphatic rings. The van der Waals surface area contributed by atoms with Gasteiger partial charge >= 0.3 is 6.18 Å². The lowest BCUT2D eigenvalue weighted by Crippen LogP contribution is -2.32. The van der Waals surface area contributed by atoms with E-state index in [9.17, 15) is 13.2 Å². The number of nitrogens with zero attached hydrogens (tertiary/aromatic N) is 5. The third-order valence-electron chi connectivity index (χ3n) is 4.16. The quantitative estimate of drug-likeness (QED) is 0.690. The lowest BCUT2D eigenvalue weighted by Gasteiger charge is -2.27. The molecule has 3 heterocycles. The number of piperidine rings is 1. The van der Waals surface area contributed by atoms with Crippen LogP contribution in [0.1, 0.15) is 24.8 Å². The van der Waals surface area contributed by atoms with E-state index in [4.69, 9.17) is 0 Å². The van der Waals surface area contributed by atoms with E-state index < -0.39 is 11.7 Å². The zero-order valence-electron chi connectivity index (χ0n) is 12.2. The average molecular weight is 321 g/mol. The van der Waals surface area contributed by atoms with Crippen molar-refractivity contribution < 1.29 is 13.2 Å². The van der Waals surface area contributed by atoms with Gasteiger partial charge in [0.25, 0.3) is 0 Å². The number of rotatable bonds is 1. The Morgan fingerprint density at radius 2 is 1.83 bits per heavy atom. The van der Waals surface area contributed by atoms with Crippen LogP contribution in [0.4, 0.5) is 19.1 Å². The van der Waals surface area contributed by atoms with Crippen LogP contribution in [-0.4, -0.2) is 32.7 Å². The predicted molar refractivity (Wildman–Crippen MR) is 79.4 cm³/mol. The van der Waals surface area contributed by atoms with Gasteiger partial charge in [-0.1, -0.05) is 0 Å². The molecule has 0 amide bonds. The molecule has 0 spiro atoms. The van der Waals surface area contributed by atoms with Crippen LogP contribution < -0.4 is 4.90 Å². The zero-order valence-corrected chi connectivity index (χ0v) is 12.2. The minimum Gasteiger partial charge on any atom is -0.341 e. The highest BCUT2D eigenvalue weighted by Crippen LogP contribution is 2.33. The number of aromatic nitrogens is 4. The second kappa shape index (κ2) is 5.07. The van der Waals surface area contributed by atoms with Gasteiger partial charge in [0, 0.05) is 18.5 Å². The van der Waals surface area contributed by atoms with Gasteiger partial charge in [-0.25, -0.2) is 9.97 Å². The summed E-state index contributed by atoms with van der Waals surface area (Å²) in [6.45, 7) is 1.74. The highest BCUT2D eigenvalue weighted by atomic mass is 19.4. The molecule has 8 heteroatoms. The Morgan fingerprint density at radius 3 is 2.57 bits per heavy atom. The molecule has 23 heavy (non-hydrogen) atoms.